The van der Waals surface area contributed by atoms with Gasteiger partial charge in [0.1, 0.15) is 11.4 Å². The van der Waals surface area contributed by atoms with Gasteiger partial charge in [-0.1, -0.05) is 12.1 Å². The van der Waals surface area contributed by atoms with Crippen LogP contribution in [0.1, 0.15) is 69.8 Å². The Morgan fingerprint density at radius 3 is 2.83 bits per heavy atom. The number of aryl methyl sites for hydroxylation is 5. The molecule has 4 aromatic rings. The number of rotatable bonds is 1. The first-order chi connectivity index (χ1) is 22.9. The summed E-state index contributed by atoms with van der Waals surface area (Å²) in [6, 6.07) is 10.9. The first-order valence-electron chi connectivity index (χ1n) is 16.5. The molecule has 11 heteroatoms. The number of anilines is 1. The van der Waals surface area contributed by atoms with Crippen LogP contribution in [0.25, 0.3) is 17.0 Å². The van der Waals surface area contributed by atoms with E-state index >= 15 is 0 Å². The van der Waals surface area contributed by atoms with Gasteiger partial charge >= 0.3 is 5.97 Å². The monoisotopic (exact) mass is 670 g/mol. The molecule has 0 radical (unpaired) electrons. The van der Waals surface area contributed by atoms with E-state index in [1.807, 2.05) is 53.1 Å². The molecule has 0 amide bonds. The lowest BCUT2D eigenvalue weighted by Gasteiger charge is -2.22. The fraction of sp³-hybridized carbons (Fsp3) is 0.417. The number of ether oxygens (including phenoxy) is 1. The Morgan fingerprint density at radius 2 is 1.96 bits per heavy atom. The number of nitrogens with one attached hydrogen (secondary N) is 1. The van der Waals surface area contributed by atoms with Gasteiger partial charge in [-0.15, -0.1) is 23.5 Å². The number of carboxylic acid groups (broad SMARTS) is 1. The number of thioether (sulfide) groups is 2. The molecule has 7 rings (SSSR count). The largest absolute Gasteiger partial charge is 0.491 e. The van der Waals surface area contributed by atoms with Crippen molar-refractivity contribution in [1.82, 2.24) is 19.4 Å². The molecule has 9 nitrogen and oxygen atoms in total. The second kappa shape index (κ2) is 13.7. The number of fused-ring (bicyclic) bond motifs is 7. The number of aromatic carboxylic acids is 1. The lowest BCUT2D eigenvalue weighted by atomic mass is 9.99. The maximum atomic E-state index is 12.7. The molecule has 2 aromatic heterocycles. The number of nitrogens with zero attached hydrogens (tertiary/aromatic N) is 5. The first kappa shape index (κ1) is 31.8. The van der Waals surface area contributed by atoms with Crippen molar-refractivity contribution in [2.75, 3.05) is 30.8 Å². The summed E-state index contributed by atoms with van der Waals surface area (Å²) in [6.07, 6.45) is 9.65. The van der Waals surface area contributed by atoms with E-state index in [1.54, 1.807) is 0 Å². The van der Waals surface area contributed by atoms with Crippen LogP contribution >= 0.6 is 23.5 Å². The number of benzene rings is 2. The van der Waals surface area contributed by atoms with Crippen LogP contribution in [-0.2, 0) is 38.4 Å². The van der Waals surface area contributed by atoms with Crippen molar-refractivity contribution < 1.29 is 14.6 Å². The quantitative estimate of drug-likeness (QED) is 0.219. The van der Waals surface area contributed by atoms with Crippen LogP contribution in [0.4, 0.5) is 5.69 Å². The second-order valence-electron chi connectivity index (χ2n) is 12.5. The van der Waals surface area contributed by atoms with Gasteiger partial charge in [-0.25, -0.2) is 4.79 Å². The maximum absolute atomic E-state index is 12.7. The van der Waals surface area contributed by atoms with E-state index in [4.69, 9.17) is 14.9 Å². The van der Waals surface area contributed by atoms with Crippen molar-refractivity contribution in [2.24, 2.45) is 19.2 Å². The molecule has 246 valence electrons. The predicted octanol–water partition coefficient (Wildman–Crippen LogP) is 7.25. The Hall–Kier alpha value is -3.83. The molecule has 0 unspecified atom stereocenters. The van der Waals surface area contributed by atoms with Crippen molar-refractivity contribution in [1.29, 1.82) is 0 Å². The van der Waals surface area contributed by atoms with Gasteiger partial charge in [-0.2, -0.15) is 10.2 Å². The predicted molar refractivity (Wildman–Crippen MR) is 193 cm³/mol. The minimum absolute atomic E-state index is 0.352. The highest BCUT2D eigenvalue weighted by Gasteiger charge is 2.24. The third kappa shape index (κ3) is 6.52. The molecule has 3 aliphatic heterocycles. The van der Waals surface area contributed by atoms with Gasteiger partial charge < -0.3 is 19.7 Å². The molecule has 3 aliphatic rings. The number of hydrogen-bond acceptors (Lipinski definition) is 8. The van der Waals surface area contributed by atoms with E-state index in [0.29, 0.717) is 25.1 Å². The normalized spacial score (nSPS) is 19.2. The molecule has 0 aliphatic carbocycles. The second-order valence-corrected chi connectivity index (χ2v) is 14.6. The first-order valence-corrected chi connectivity index (χ1v) is 18.6. The van der Waals surface area contributed by atoms with E-state index in [9.17, 15) is 9.90 Å². The molecule has 0 spiro atoms. The highest BCUT2D eigenvalue weighted by molar-refractivity contribution is 7.99. The minimum Gasteiger partial charge on any atom is -0.491 e. The van der Waals surface area contributed by atoms with Crippen molar-refractivity contribution >= 4 is 58.4 Å². The van der Waals surface area contributed by atoms with Gasteiger partial charge in [0.15, 0.2) is 0 Å². The summed E-state index contributed by atoms with van der Waals surface area (Å²) in [6.45, 7) is 4.41. The zero-order chi connectivity index (χ0) is 32.5. The molecule has 0 atom stereocenters. The highest BCUT2D eigenvalue weighted by Crippen LogP contribution is 2.39. The lowest BCUT2D eigenvalue weighted by molar-refractivity contribution is 0.0685. The Balaban J connectivity index is 1.25. The Bertz CT molecular complexity index is 1890. The number of aromatic nitrogens is 3. The fourth-order valence-electron chi connectivity index (χ4n) is 7.04. The summed E-state index contributed by atoms with van der Waals surface area (Å²) in [5.74, 6) is 2.43. The molecule has 0 saturated carbocycles. The summed E-state index contributed by atoms with van der Waals surface area (Å²) in [5.41, 5.74) is 10.2. The van der Waals surface area contributed by atoms with Crippen molar-refractivity contribution in [3.05, 3.63) is 75.4 Å². The Kier molecular flexibility index (Phi) is 9.27. The minimum atomic E-state index is -0.902. The van der Waals surface area contributed by atoms with Crippen LogP contribution in [-0.4, -0.2) is 62.1 Å². The van der Waals surface area contributed by atoms with Gasteiger partial charge in [-0.05, 0) is 86.4 Å². The van der Waals surface area contributed by atoms with Gasteiger partial charge in [0.2, 0.25) is 0 Å². The van der Waals surface area contributed by atoms with E-state index in [0.717, 1.165) is 106 Å². The summed E-state index contributed by atoms with van der Waals surface area (Å²) in [7, 11) is 3.91. The number of hydrazone groups is 1. The third-order valence-electron chi connectivity index (χ3n) is 9.35. The van der Waals surface area contributed by atoms with Crippen LogP contribution in [0.2, 0.25) is 0 Å². The lowest BCUT2D eigenvalue weighted by Crippen LogP contribution is -2.14. The molecule has 5 heterocycles. The van der Waals surface area contributed by atoms with Crippen LogP contribution in [0.15, 0.2) is 46.0 Å². The Morgan fingerprint density at radius 1 is 1.06 bits per heavy atom. The summed E-state index contributed by atoms with van der Waals surface area (Å²) in [4.78, 5) is 13.9. The maximum Gasteiger partial charge on any atom is 0.352 e. The number of hydrogen-bond donors (Lipinski definition) is 2. The number of carboxylic acids is 1. The van der Waals surface area contributed by atoms with Crippen LogP contribution in [0.5, 0.6) is 5.75 Å². The molecule has 1 fully saturated rings. The summed E-state index contributed by atoms with van der Waals surface area (Å²) >= 11 is 3.62. The van der Waals surface area contributed by atoms with Crippen LogP contribution in [0, 0.1) is 6.92 Å². The zero-order valence-corrected chi connectivity index (χ0v) is 29.0. The molecular formula is C36H42N6O3S2. The smallest absolute Gasteiger partial charge is 0.352 e. The van der Waals surface area contributed by atoms with Crippen molar-refractivity contribution in [3.8, 4) is 5.75 Å². The zero-order valence-electron chi connectivity index (χ0n) is 27.3. The van der Waals surface area contributed by atoms with Gasteiger partial charge in [0.05, 0.1) is 23.5 Å². The highest BCUT2D eigenvalue weighted by atomic mass is 32.2. The third-order valence-corrected chi connectivity index (χ3v) is 11.2. The molecular weight excluding hydrogens is 629 g/mol. The van der Waals surface area contributed by atoms with E-state index in [-0.39, 0.29) is 0 Å². The van der Waals surface area contributed by atoms with Gasteiger partial charge in [0.25, 0.3) is 0 Å². The van der Waals surface area contributed by atoms with Gasteiger partial charge in [-0.3, -0.25) is 9.69 Å². The Labute approximate surface area is 284 Å². The standard InChI is InChI=1S/C36H42N6O3S2/c1-23-10-11-30-29-9-6-15-45-32-20-28(17-24-7-4-12-37-33(24)32)47-22-27-18-25(39-41(27)3)21-46-16-13-38-42-14-5-8-26(42)19-31(23)34(30)40(2)35(29)36(43)44/h10-11,13,17-20,37H,4-9,12,14-16,21-22H2,1-3H3,(H,43,44)/b26-19+,38-13+. The summed E-state index contributed by atoms with van der Waals surface area (Å²) < 4.78 is 10.4. The topological polar surface area (TPSA) is 96.9 Å². The number of allylic oxidation sites excluding steroid dienone is 1. The average molecular weight is 671 g/mol. The molecule has 2 N–H and O–H groups in total. The molecule has 1 saturated heterocycles. The average Bonchev–Trinajstić information content (AvgIpc) is 3.73. The van der Waals surface area contributed by atoms with E-state index in [2.05, 4.69) is 53.7 Å². The van der Waals surface area contributed by atoms with Crippen LogP contribution in [0.3, 0.4) is 0 Å². The van der Waals surface area contributed by atoms with Crippen molar-refractivity contribution in [2.45, 2.75) is 61.8 Å². The molecule has 2 aromatic carbocycles. The van der Waals surface area contributed by atoms with E-state index < -0.39 is 5.97 Å². The SMILES string of the molecule is Cc1ccc2c3c(C(=O)O)n(C)c2c1/C=C1\CCCN1/N=C/CSCc1cc(n(C)n1)CSc1cc2c(c(c1)OCCC3)NCCC2. The molecule has 8 bridgehead atoms. The summed E-state index contributed by atoms with van der Waals surface area (Å²) in [5, 5.41) is 26.7. The van der Waals surface area contributed by atoms with E-state index in [1.165, 1.54) is 16.2 Å². The van der Waals surface area contributed by atoms with Crippen LogP contribution < -0.4 is 10.1 Å². The number of carbonyl (C=O) groups is 1. The van der Waals surface area contributed by atoms with Gasteiger partial charge in [0, 0.05) is 77.9 Å². The molecule has 47 heavy (non-hydrogen) atoms. The fourth-order valence-corrected chi connectivity index (χ4v) is 8.68. The van der Waals surface area contributed by atoms with Crippen molar-refractivity contribution in [3.63, 3.8) is 0 Å².